The van der Waals surface area contributed by atoms with Gasteiger partial charge in [-0.15, -0.1) is 11.3 Å². The Morgan fingerprint density at radius 1 is 1.04 bits per heavy atom. The summed E-state index contributed by atoms with van der Waals surface area (Å²) in [5.74, 6) is 0.207. The van der Waals surface area contributed by atoms with Gasteiger partial charge in [-0.3, -0.25) is 0 Å². The number of benzene rings is 2. The third-order valence-electron chi connectivity index (χ3n) is 3.98. The molecule has 0 aliphatic heterocycles. The molecule has 0 aliphatic carbocycles. The molecule has 2 heterocycles. The first kappa shape index (κ1) is 15.6. The number of rotatable bonds is 3. The van der Waals surface area contributed by atoms with Gasteiger partial charge in [0.1, 0.15) is 15.5 Å². The second-order valence-electron chi connectivity index (χ2n) is 5.86. The van der Waals surface area contributed by atoms with Crippen LogP contribution in [-0.4, -0.2) is 15.7 Å². The summed E-state index contributed by atoms with van der Waals surface area (Å²) in [5.41, 5.74) is 2.99. The summed E-state index contributed by atoms with van der Waals surface area (Å²) in [6, 6.07) is 19.2. The molecule has 0 saturated carbocycles. The zero-order chi connectivity index (χ0) is 17.4. The van der Waals surface area contributed by atoms with E-state index in [4.69, 9.17) is 4.74 Å². The number of nitrogens with zero attached hydrogens (tertiary/aromatic N) is 2. The molecular weight excluding hydrogens is 332 g/mol. The van der Waals surface area contributed by atoms with Crippen molar-refractivity contribution >= 4 is 27.5 Å². The first-order chi connectivity index (χ1) is 12.1. The molecule has 5 heteroatoms. The molecule has 4 aromatic rings. The SMILES string of the molecule is Cc1ccc(OC(=O)c2cc3c(C)nn(-c4ccccc4)c3s2)cc1. The molecular formula is C20H16N2O2S. The predicted molar refractivity (Wildman–Crippen MR) is 99.8 cm³/mol. The van der Waals surface area contributed by atoms with Crippen LogP contribution < -0.4 is 4.74 Å². The van der Waals surface area contributed by atoms with E-state index in [1.807, 2.05) is 67.1 Å². The largest absolute Gasteiger partial charge is 0.422 e. The fourth-order valence-corrected chi connectivity index (χ4v) is 3.72. The topological polar surface area (TPSA) is 44.1 Å². The number of esters is 1. The van der Waals surface area contributed by atoms with Gasteiger partial charge in [0, 0.05) is 5.39 Å². The monoisotopic (exact) mass is 348 g/mol. The summed E-state index contributed by atoms with van der Waals surface area (Å²) in [7, 11) is 0. The number of para-hydroxylation sites is 1. The van der Waals surface area contributed by atoms with E-state index >= 15 is 0 Å². The lowest BCUT2D eigenvalue weighted by molar-refractivity contribution is 0.0740. The summed E-state index contributed by atoms with van der Waals surface area (Å²) in [6.07, 6.45) is 0. The summed E-state index contributed by atoms with van der Waals surface area (Å²) in [6.45, 7) is 3.94. The third-order valence-corrected chi connectivity index (χ3v) is 5.07. The van der Waals surface area contributed by atoms with Crippen LogP contribution in [0.2, 0.25) is 0 Å². The summed E-state index contributed by atoms with van der Waals surface area (Å²) in [4.78, 5) is 14.0. The highest BCUT2D eigenvalue weighted by atomic mass is 32.1. The Labute approximate surface area is 149 Å². The average molecular weight is 348 g/mol. The van der Waals surface area contributed by atoms with Crippen molar-refractivity contribution in [2.75, 3.05) is 0 Å². The Hall–Kier alpha value is -2.92. The summed E-state index contributed by atoms with van der Waals surface area (Å²) < 4.78 is 7.35. The number of hydrogen-bond donors (Lipinski definition) is 0. The molecule has 0 fully saturated rings. The molecule has 2 aromatic carbocycles. The van der Waals surface area contributed by atoms with Gasteiger partial charge in [-0.2, -0.15) is 5.10 Å². The molecule has 124 valence electrons. The third kappa shape index (κ3) is 2.94. The van der Waals surface area contributed by atoms with Crippen LogP contribution in [0.15, 0.2) is 60.7 Å². The molecule has 0 aliphatic rings. The maximum Gasteiger partial charge on any atom is 0.353 e. The van der Waals surface area contributed by atoms with Gasteiger partial charge in [-0.05, 0) is 44.2 Å². The highest BCUT2D eigenvalue weighted by Crippen LogP contribution is 2.31. The second-order valence-corrected chi connectivity index (χ2v) is 6.90. The average Bonchev–Trinajstić information content (AvgIpc) is 3.19. The van der Waals surface area contributed by atoms with Crippen molar-refractivity contribution < 1.29 is 9.53 Å². The first-order valence-electron chi connectivity index (χ1n) is 7.95. The Kier molecular flexibility index (Phi) is 3.86. The van der Waals surface area contributed by atoms with Crippen LogP contribution in [0.5, 0.6) is 5.75 Å². The fraction of sp³-hybridized carbons (Fsp3) is 0.100. The van der Waals surface area contributed by atoms with Crippen molar-refractivity contribution in [3.8, 4) is 11.4 Å². The minimum Gasteiger partial charge on any atom is -0.422 e. The lowest BCUT2D eigenvalue weighted by Crippen LogP contribution is -2.06. The van der Waals surface area contributed by atoms with Crippen molar-refractivity contribution in [1.82, 2.24) is 9.78 Å². The minimum atomic E-state index is -0.343. The van der Waals surface area contributed by atoms with Crippen molar-refractivity contribution in [3.63, 3.8) is 0 Å². The highest BCUT2D eigenvalue weighted by molar-refractivity contribution is 7.20. The molecule has 25 heavy (non-hydrogen) atoms. The highest BCUT2D eigenvalue weighted by Gasteiger charge is 2.18. The van der Waals surface area contributed by atoms with Gasteiger partial charge in [0.05, 0.1) is 11.4 Å². The number of fused-ring (bicyclic) bond motifs is 1. The van der Waals surface area contributed by atoms with Crippen LogP contribution in [0.4, 0.5) is 0 Å². The molecule has 0 atom stereocenters. The van der Waals surface area contributed by atoms with Gasteiger partial charge in [0.15, 0.2) is 0 Å². The van der Waals surface area contributed by atoms with E-state index in [1.54, 1.807) is 12.1 Å². The molecule has 2 aromatic heterocycles. The molecule has 0 amide bonds. The van der Waals surface area contributed by atoms with Gasteiger partial charge < -0.3 is 4.74 Å². The molecule has 0 saturated heterocycles. The van der Waals surface area contributed by atoms with Gasteiger partial charge in [-0.25, -0.2) is 9.48 Å². The van der Waals surface area contributed by atoms with E-state index in [2.05, 4.69) is 5.10 Å². The van der Waals surface area contributed by atoms with Crippen LogP contribution in [0, 0.1) is 13.8 Å². The van der Waals surface area contributed by atoms with E-state index in [9.17, 15) is 4.79 Å². The molecule has 0 bridgehead atoms. The Balaban J connectivity index is 1.69. The zero-order valence-corrected chi connectivity index (χ0v) is 14.7. The van der Waals surface area contributed by atoms with Crippen LogP contribution in [0.1, 0.15) is 20.9 Å². The van der Waals surface area contributed by atoms with E-state index in [0.717, 1.165) is 27.2 Å². The van der Waals surface area contributed by atoms with E-state index in [1.165, 1.54) is 11.3 Å². The van der Waals surface area contributed by atoms with Gasteiger partial charge >= 0.3 is 5.97 Å². The number of aromatic nitrogens is 2. The Morgan fingerprint density at radius 3 is 2.48 bits per heavy atom. The fourth-order valence-electron chi connectivity index (χ4n) is 2.66. The number of thiophene rings is 1. The van der Waals surface area contributed by atoms with Gasteiger partial charge in [0.2, 0.25) is 0 Å². The van der Waals surface area contributed by atoms with Crippen molar-refractivity contribution in [2.45, 2.75) is 13.8 Å². The molecule has 0 N–H and O–H groups in total. The Morgan fingerprint density at radius 2 is 1.76 bits per heavy atom. The summed E-state index contributed by atoms with van der Waals surface area (Å²) >= 11 is 1.40. The molecule has 4 rings (SSSR count). The van der Waals surface area contributed by atoms with Crippen LogP contribution in [-0.2, 0) is 0 Å². The van der Waals surface area contributed by atoms with Gasteiger partial charge in [-0.1, -0.05) is 35.9 Å². The number of carbonyl (C=O) groups excluding carboxylic acids is 1. The Bertz CT molecular complexity index is 1050. The molecule has 0 spiro atoms. The summed E-state index contributed by atoms with van der Waals surface area (Å²) in [5, 5.41) is 5.57. The normalized spacial score (nSPS) is 11.0. The van der Waals surface area contributed by atoms with Crippen LogP contribution in [0.3, 0.4) is 0 Å². The number of carbonyl (C=O) groups is 1. The number of aryl methyl sites for hydroxylation is 2. The number of hydrogen-bond acceptors (Lipinski definition) is 4. The van der Waals surface area contributed by atoms with E-state index in [0.29, 0.717) is 10.6 Å². The molecule has 4 nitrogen and oxygen atoms in total. The van der Waals surface area contributed by atoms with E-state index in [-0.39, 0.29) is 5.97 Å². The predicted octanol–water partition coefficient (Wildman–Crippen LogP) is 4.92. The lowest BCUT2D eigenvalue weighted by atomic mass is 10.2. The van der Waals surface area contributed by atoms with Crippen molar-refractivity contribution in [1.29, 1.82) is 0 Å². The zero-order valence-electron chi connectivity index (χ0n) is 13.9. The standard InChI is InChI=1S/C20H16N2O2S/c1-13-8-10-16(11-9-13)24-20(23)18-12-17-14(2)21-22(19(17)25-18)15-6-4-3-5-7-15/h3-12H,1-2H3. The number of ether oxygens (including phenoxy) is 1. The van der Waals surface area contributed by atoms with Crippen molar-refractivity contribution in [2.24, 2.45) is 0 Å². The maximum absolute atomic E-state index is 12.5. The first-order valence-corrected chi connectivity index (χ1v) is 8.77. The quantitative estimate of drug-likeness (QED) is 0.390. The maximum atomic E-state index is 12.5. The van der Waals surface area contributed by atoms with Crippen molar-refractivity contribution in [3.05, 3.63) is 76.8 Å². The smallest absolute Gasteiger partial charge is 0.353 e. The minimum absolute atomic E-state index is 0.343. The van der Waals surface area contributed by atoms with E-state index < -0.39 is 0 Å². The van der Waals surface area contributed by atoms with Crippen LogP contribution >= 0.6 is 11.3 Å². The molecule has 0 radical (unpaired) electrons. The van der Waals surface area contributed by atoms with Crippen LogP contribution in [0.25, 0.3) is 15.9 Å². The van der Waals surface area contributed by atoms with Gasteiger partial charge in [0.25, 0.3) is 0 Å². The lowest BCUT2D eigenvalue weighted by Gasteiger charge is -2.03. The molecule has 0 unspecified atom stereocenters. The second kappa shape index (κ2) is 6.18.